The topological polar surface area (TPSA) is 69.6 Å². The van der Waals surface area contributed by atoms with Crippen LogP contribution in [0.1, 0.15) is 32.1 Å². The number of nitrogens with one attached hydrogen (secondary N) is 1. The molecule has 2 amide bonds. The van der Waals surface area contributed by atoms with Crippen molar-refractivity contribution in [2.24, 2.45) is 23.7 Å². The number of hydrogen-bond donors (Lipinski definition) is 2. The standard InChI is InChI=1S/C14H22N2O3/c1-16(7-8-2-3-8)14(19)15-12-10-5-4-9(6-10)11(12)13(17)18/h8-12H,2-7H2,1H3,(H,15,19)(H,17,18). The van der Waals surface area contributed by atoms with Crippen molar-refractivity contribution in [3.05, 3.63) is 0 Å². The van der Waals surface area contributed by atoms with Crippen molar-refractivity contribution in [2.75, 3.05) is 13.6 Å². The molecule has 3 aliphatic carbocycles. The summed E-state index contributed by atoms with van der Waals surface area (Å²) in [7, 11) is 1.80. The number of nitrogens with zero attached hydrogens (tertiary/aromatic N) is 1. The van der Waals surface area contributed by atoms with E-state index in [1.807, 2.05) is 0 Å². The van der Waals surface area contributed by atoms with E-state index in [0.717, 1.165) is 25.8 Å². The van der Waals surface area contributed by atoms with Crippen molar-refractivity contribution < 1.29 is 14.7 Å². The van der Waals surface area contributed by atoms with Gasteiger partial charge in [-0.05, 0) is 49.9 Å². The molecule has 3 aliphatic rings. The maximum absolute atomic E-state index is 12.1. The molecule has 0 spiro atoms. The number of carbonyl (C=O) groups excluding carboxylic acids is 1. The van der Waals surface area contributed by atoms with E-state index in [1.54, 1.807) is 11.9 Å². The first-order chi connectivity index (χ1) is 9.06. The second kappa shape index (κ2) is 4.69. The fraction of sp³-hybridized carbons (Fsp3) is 0.857. The van der Waals surface area contributed by atoms with Crippen LogP contribution in [0.2, 0.25) is 0 Å². The molecule has 0 aromatic carbocycles. The molecule has 5 nitrogen and oxygen atoms in total. The SMILES string of the molecule is CN(CC1CC1)C(=O)NC1C2CCC(C2)C1C(=O)O. The molecule has 0 saturated heterocycles. The van der Waals surface area contributed by atoms with Crippen LogP contribution in [0.4, 0.5) is 4.79 Å². The molecule has 0 radical (unpaired) electrons. The Morgan fingerprint density at radius 3 is 2.53 bits per heavy atom. The number of fused-ring (bicyclic) bond motifs is 2. The summed E-state index contributed by atoms with van der Waals surface area (Å²) in [6.07, 6.45) is 5.46. The van der Waals surface area contributed by atoms with E-state index in [2.05, 4.69) is 5.32 Å². The highest BCUT2D eigenvalue weighted by Crippen LogP contribution is 2.48. The van der Waals surface area contributed by atoms with Gasteiger partial charge >= 0.3 is 12.0 Å². The molecule has 5 heteroatoms. The first kappa shape index (κ1) is 12.8. The lowest BCUT2D eigenvalue weighted by Gasteiger charge is -2.30. The first-order valence-corrected chi connectivity index (χ1v) is 7.30. The molecule has 3 rings (SSSR count). The first-order valence-electron chi connectivity index (χ1n) is 7.30. The van der Waals surface area contributed by atoms with Crippen LogP contribution in [0.5, 0.6) is 0 Å². The minimum Gasteiger partial charge on any atom is -0.481 e. The Labute approximate surface area is 113 Å². The molecule has 0 aliphatic heterocycles. The number of rotatable bonds is 4. The Morgan fingerprint density at radius 2 is 1.89 bits per heavy atom. The Morgan fingerprint density at radius 1 is 1.21 bits per heavy atom. The number of amides is 2. The van der Waals surface area contributed by atoms with Crippen LogP contribution in [0.25, 0.3) is 0 Å². The fourth-order valence-corrected chi connectivity index (χ4v) is 3.88. The predicted octanol–water partition coefficient (Wildman–Crippen LogP) is 1.54. The molecule has 106 valence electrons. The van der Waals surface area contributed by atoms with E-state index in [0.29, 0.717) is 11.8 Å². The van der Waals surface area contributed by atoms with Gasteiger partial charge in [-0.2, -0.15) is 0 Å². The van der Waals surface area contributed by atoms with Crippen LogP contribution in [-0.2, 0) is 4.79 Å². The van der Waals surface area contributed by atoms with E-state index in [-0.39, 0.29) is 23.9 Å². The van der Waals surface area contributed by atoms with E-state index < -0.39 is 5.97 Å². The average molecular weight is 266 g/mol. The normalized spacial score (nSPS) is 36.3. The maximum atomic E-state index is 12.1. The molecule has 3 saturated carbocycles. The van der Waals surface area contributed by atoms with Crippen LogP contribution in [-0.4, -0.2) is 41.6 Å². The number of aliphatic carboxylic acids is 1. The van der Waals surface area contributed by atoms with Gasteiger partial charge in [-0.3, -0.25) is 4.79 Å². The van der Waals surface area contributed by atoms with E-state index >= 15 is 0 Å². The summed E-state index contributed by atoms with van der Waals surface area (Å²) in [6, 6.07) is -0.263. The number of carboxylic acids is 1. The molecule has 3 fully saturated rings. The summed E-state index contributed by atoms with van der Waals surface area (Å²) in [5.41, 5.74) is 0. The van der Waals surface area contributed by atoms with Crippen molar-refractivity contribution in [3.63, 3.8) is 0 Å². The van der Waals surface area contributed by atoms with Gasteiger partial charge in [-0.25, -0.2) is 4.79 Å². The third-order valence-electron chi connectivity index (χ3n) is 5.07. The van der Waals surface area contributed by atoms with Crippen LogP contribution < -0.4 is 5.32 Å². The van der Waals surface area contributed by atoms with Crippen molar-refractivity contribution >= 4 is 12.0 Å². The quantitative estimate of drug-likeness (QED) is 0.811. The van der Waals surface area contributed by atoms with E-state index in [9.17, 15) is 14.7 Å². The fourth-order valence-electron chi connectivity index (χ4n) is 3.88. The second-order valence-corrected chi connectivity index (χ2v) is 6.50. The van der Waals surface area contributed by atoms with Crippen molar-refractivity contribution in [1.29, 1.82) is 0 Å². The molecule has 19 heavy (non-hydrogen) atoms. The third kappa shape index (κ3) is 2.42. The highest BCUT2D eigenvalue weighted by atomic mass is 16.4. The molecule has 0 aromatic rings. The Kier molecular flexibility index (Phi) is 3.15. The highest BCUT2D eigenvalue weighted by Gasteiger charge is 2.51. The number of carbonyl (C=O) groups is 2. The third-order valence-corrected chi connectivity index (χ3v) is 5.07. The van der Waals surface area contributed by atoms with Crippen molar-refractivity contribution in [1.82, 2.24) is 10.2 Å². The molecular formula is C14H22N2O3. The predicted molar refractivity (Wildman–Crippen MR) is 69.6 cm³/mol. The Bertz CT molecular complexity index is 394. The Hall–Kier alpha value is -1.26. The smallest absolute Gasteiger partial charge is 0.317 e. The van der Waals surface area contributed by atoms with E-state index in [4.69, 9.17) is 0 Å². The van der Waals surface area contributed by atoms with Crippen LogP contribution >= 0.6 is 0 Å². The Balaban J connectivity index is 1.61. The average Bonchev–Trinajstić information content (AvgIpc) is 2.94. The largest absolute Gasteiger partial charge is 0.481 e. The van der Waals surface area contributed by atoms with Gasteiger partial charge in [-0.1, -0.05) is 0 Å². The molecule has 2 bridgehead atoms. The highest BCUT2D eigenvalue weighted by molar-refractivity contribution is 5.77. The zero-order valence-electron chi connectivity index (χ0n) is 11.3. The molecule has 0 aromatic heterocycles. The van der Waals surface area contributed by atoms with Gasteiger partial charge in [0.05, 0.1) is 5.92 Å². The van der Waals surface area contributed by atoms with Gasteiger partial charge in [0.2, 0.25) is 0 Å². The van der Waals surface area contributed by atoms with Gasteiger partial charge in [0, 0.05) is 19.6 Å². The lowest BCUT2D eigenvalue weighted by atomic mass is 9.84. The van der Waals surface area contributed by atoms with Gasteiger partial charge in [-0.15, -0.1) is 0 Å². The van der Waals surface area contributed by atoms with Gasteiger partial charge in [0.15, 0.2) is 0 Å². The molecule has 4 unspecified atom stereocenters. The van der Waals surface area contributed by atoms with E-state index in [1.165, 1.54) is 12.8 Å². The number of carboxylic acid groups (broad SMARTS) is 1. The summed E-state index contributed by atoms with van der Waals surface area (Å²) >= 11 is 0. The van der Waals surface area contributed by atoms with Gasteiger partial charge in [0.1, 0.15) is 0 Å². The van der Waals surface area contributed by atoms with Crippen molar-refractivity contribution in [3.8, 4) is 0 Å². The minimum atomic E-state index is -0.748. The number of hydrogen-bond acceptors (Lipinski definition) is 2. The zero-order chi connectivity index (χ0) is 13.6. The van der Waals surface area contributed by atoms with Crippen LogP contribution in [0, 0.1) is 23.7 Å². The van der Waals surface area contributed by atoms with Crippen LogP contribution in [0.15, 0.2) is 0 Å². The maximum Gasteiger partial charge on any atom is 0.317 e. The zero-order valence-corrected chi connectivity index (χ0v) is 11.3. The monoisotopic (exact) mass is 266 g/mol. The lowest BCUT2D eigenvalue weighted by Crippen LogP contribution is -2.50. The summed E-state index contributed by atoms with van der Waals surface area (Å²) in [6.45, 7) is 0.796. The number of urea groups is 1. The summed E-state index contributed by atoms with van der Waals surface area (Å²) in [5.74, 6) is 0.163. The lowest BCUT2D eigenvalue weighted by molar-refractivity contribution is -0.144. The molecule has 0 heterocycles. The van der Waals surface area contributed by atoms with Crippen molar-refractivity contribution in [2.45, 2.75) is 38.1 Å². The van der Waals surface area contributed by atoms with Gasteiger partial charge in [0.25, 0.3) is 0 Å². The van der Waals surface area contributed by atoms with Crippen LogP contribution in [0.3, 0.4) is 0 Å². The van der Waals surface area contributed by atoms with Gasteiger partial charge < -0.3 is 15.3 Å². The minimum absolute atomic E-state index is 0.101. The molecule has 2 N–H and O–H groups in total. The summed E-state index contributed by atoms with van der Waals surface area (Å²) < 4.78 is 0. The summed E-state index contributed by atoms with van der Waals surface area (Å²) in [4.78, 5) is 25.2. The summed E-state index contributed by atoms with van der Waals surface area (Å²) in [5, 5.41) is 12.3. The second-order valence-electron chi connectivity index (χ2n) is 6.50. The molecular weight excluding hydrogens is 244 g/mol. The molecule has 4 atom stereocenters.